The quantitative estimate of drug-likeness (QED) is 0.353. The van der Waals surface area contributed by atoms with Crippen LogP contribution in [0.2, 0.25) is 5.02 Å². The molecule has 0 aliphatic heterocycles. The van der Waals surface area contributed by atoms with E-state index in [-0.39, 0.29) is 27.6 Å². The molecule has 0 aromatic heterocycles. The first-order chi connectivity index (χ1) is 13.5. The second-order valence-electron chi connectivity index (χ2n) is 6.59. The van der Waals surface area contributed by atoms with E-state index >= 15 is 0 Å². The molecule has 2 aromatic carbocycles. The lowest BCUT2D eigenvalue weighted by atomic mass is 10.0. The average molecular weight is 415 g/mol. The Hall–Kier alpha value is -1.88. The highest BCUT2D eigenvalue weighted by atomic mass is 35.5. The van der Waals surface area contributed by atoms with Gasteiger partial charge in [0.2, 0.25) is 5.82 Å². The van der Waals surface area contributed by atoms with Crippen molar-refractivity contribution >= 4 is 11.6 Å². The monoisotopic (exact) mass is 414 g/mol. The second kappa shape index (κ2) is 11.2. The molecule has 0 radical (unpaired) electrons. The molecule has 2 nitrogen and oxygen atoms in total. The highest BCUT2D eigenvalue weighted by molar-refractivity contribution is 6.33. The third kappa shape index (κ3) is 5.57. The van der Waals surface area contributed by atoms with Crippen molar-refractivity contribution in [3.05, 3.63) is 46.7 Å². The summed E-state index contributed by atoms with van der Waals surface area (Å²) in [6.45, 7) is 4.75. The van der Waals surface area contributed by atoms with E-state index < -0.39 is 17.5 Å². The van der Waals surface area contributed by atoms with E-state index in [2.05, 4.69) is 6.92 Å². The average Bonchev–Trinajstić information content (AvgIpc) is 2.69. The molecule has 0 saturated carbocycles. The molecule has 0 fully saturated rings. The molecule has 6 heteroatoms. The fourth-order valence-electron chi connectivity index (χ4n) is 2.74. The second-order valence-corrected chi connectivity index (χ2v) is 6.97. The standard InChI is InChI=1S/C22H26ClF3O2/c1-3-5-7-8-14-28-18-12-10-16(20(24)22(18)26)15-9-11-17(21(25)19(15)23)27-13-6-4-2/h9-12H,3-8,13-14H2,1-2H3. The predicted molar refractivity (Wildman–Crippen MR) is 107 cm³/mol. The number of unbranched alkanes of at least 4 members (excludes halogenated alkanes) is 4. The smallest absolute Gasteiger partial charge is 0.201 e. The van der Waals surface area contributed by atoms with Gasteiger partial charge < -0.3 is 9.47 Å². The molecule has 0 aliphatic rings. The first-order valence-electron chi connectivity index (χ1n) is 9.73. The lowest BCUT2D eigenvalue weighted by molar-refractivity contribution is 0.285. The molecule has 0 amide bonds. The Morgan fingerprint density at radius 2 is 1.25 bits per heavy atom. The molecular formula is C22H26ClF3O2. The Morgan fingerprint density at radius 1 is 0.679 bits per heavy atom. The van der Waals surface area contributed by atoms with Crippen LogP contribution >= 0.6 is 11.6 Å². The summed E-state index contributed by atoms with van der Waals surface area (Å²) in [6.07, 6.45) is 5.58. The largest absolute Gasteiger partial charge is 0.490 e. The molecule has 0 bridgehead atoms. The minimum Gasteiger partial charge on any atom is -0.490 e. The van der Waals surface area contributed by atoms with Crippen molar-refractivity contribution in [2.24, 2.45) is 0 Å². The highest BCUT2D eigenvalue weighted by Crippen LogP contribution is 2.38. The van der Waals surface area contributed by atoms with Crippen molar-refractivity contribution in [1.82, 2.24) is 0 Å². The molecule has 0 saturated heterocycles. The van der Waals surface area contributed by atoms with Crippen molar-refractivity contribution in [2.45, 2.75) is 52.4 Å². The van der Waals surface area contributed by atoms with Crippen LogP contribution < -0.4 is 9.47 Å². The lowest BCUT2D eigenvalue weighted by Gasteiger charge is -2.13. The predicted octanol–water partition coefficient (Wildman–Crippen LogP) is 7.56. The number of rotatable bonds is 11. The number of hydrogen-bond donors (Lipinski definition) is 0. The minimum atomic E-state index is -1.12. The fraction of sp³-hybridized carbons (Fsp3) is 0.455. The van der Waals surface area contributed by atoms with Crippen LogP contribution in [0.25, 0.3) is 11.1 Å². The Bertz CT molecular complexity index is 781. The zero-order chi connectivity index (χ0) is 20.5. The maximum atomic E-state index is 14.6. The summed E-state index contributed by atoms with van der Waals surface area (Å²) in [5.41, 5.74) is -0.0623. The summed E-state index contributed by atoms with van der Waals surface area (Å²) in [5, 5.41) is -0.305. The summed E-state index contributed by atoms with van der Waals surface area (Å²) >= 11 is 6.07. The van der Waals surface area contributed by atoms with Gasteiger partial charge in [-0.05, 0) is 37.1 Å². The van der Waals surface area contributed by atoms with Crippen molar-refractivity contribution in [3.8, 4) is 22.6 Å². The number of halogens is 4. The number of benzene rings is 2. The van der Waals surface area contributed by atoms with Crippen LogP contribution in [0.1, 0.15) is 52.4 Å². The molecule has 0 spiro atoms. The first kappa shape index (κ1) is 22.4. The van der Waals surface area contributed by atoms with E-state index in [1.165, 1.54) is 24.3 Å². The van der Waals surface area contributed by atoms with Gasteiger partial charge >= 0.3 is 0 Å². The van der Waals surface area contributed by atoms with Gasteiger partial charge in [-0.25, -0.2) is 8.78 Å². The van der Waals surface area contributed by atoms with Crippen LogP contribution in [0.4, 0.5) is 13.2 Å². The van der Waals surface area contributed by atoms with Crippen LogP contribution in [0.15, 0.2) is 24.3 Å². The minimum absolute atomic E-state index is 0.00453. The number of hydrogen-bond acceptors (Lipinski definition) is 2. The van der Waals surface area contributed by atoms with Gasteiger partial charge in [0, 0.05) is 11.1 Å². The van der Waals surface area contributed by atoms with Gasteiger partial charge in [0.25, 0.3) is 0 Å². The molecule has 0 unspecified atom stereocenters. The Kier molecular flexibility index (Phi) is 8.97. The normalized spacial score (nSPS) is 10.9. The number of ether oxygens (including phenoxy) is 2. The van der Waals surface area contributed by atoms with Gasteiger partial charge in [0.05, 0.1) is 18.2 Å². The van der Waals surface area contributed by atoms with Gasteiger partial charge in [-0.2, -0.15) is 4.39 Å². The molecule has 154 valence electrons. The van der Waals surface area contributed by atoms with E-state index in [4.69, 9.17) is 21.1 Å². The van der Waals surface area contributed by atoms with E-state index in [0.29, 0.717) is 13.2 Å². The topological polar surface area (TPSA) is 18.5 Å². The van der Waals surface area contributed by atoms with Crippen molar-refractivity contribution in [2.75, 3.05) is 13.2 Å². The summed E-state index contributed by atoms with van der Waals surface area (Å²) in [6, 6.07) is 5.49. The van der Waals surface area contributed by atoms with Crippen LogP contribution in [-0.4, -0.2) is 13.2 Å². The van der Waals surface area contributed by atoms with Crippen LogP contribution in [-0.2, 0) is 0 Å². The maximum Gasteiger partial charge on any atom is 0.201 e. The Labute approximate surface area is 169 Å². The summed E-state index contributed by atoms with van der Waals surface area (Å²) in [5.74, 6) is -3.17. The van der Waals surface area contributed by atoms with Crippen molar-refractivity contribution < 1.29 is 22.6 Å². The van der Waals surface area contributed by atoms with Gasteiger partial charge in [0.15, 0.2) is 23.1 Å². The van der Waals surface area contributed by atoms with E-state index in [1.54, 1.807) is 0 Å². The van der Waals surface area contributed by atoms with Crippen molar-refractivity contribution in [3.63, 3.8) is 0 Å². The molecule has 2 aromatic rings. The van der Waals surface area contributed by atoms with Crippen LogP contribution in [0.5, 0.6) is 11.5 Å². The van der Waals surface area contributed by atoms with Crippen molar-refractivity contribution in [1.29, 1.82) is 0 Å². The van der Waals surface area contributed by atoms with E-state index in [9.17, 15) is 13.2 Å². The van der Waals surface area contributed by atoms with Crippen LogP contribution in [0, 0.1) is 17.5 Å². The zero-order valence-corrected chi connectivity index (χ0v) is 17.1. The highest BCUT2D eigenvalue weighted by Gasteiger charge is 2.20. The maximum absolute atomic E-state index is 14.6. The third-order valence-electron chi connectivity index (χ3n) is 4.39. The summed E-state index contributed by atoms with van der Waals surface area (Å²) in [4.78, 5) is 0. The van der Waals surface area contributed by atoms with Gasteiger partial charge in [0.1, 0.15) is 0 Å². The van der Waals surface area contributed by atoms with Crippen LogP contribution in [0.3, 0.4) is 0 Å². The fourth-order valence-corrected chi connectivity index (χ4v) is 3.00. The Morgan fingerprint density at radius 3 is 1.89 bits per heavy atom. The Balaban J connectivity index is 2.19. The first-order valence-corrected chi connectivity index (χ1v) is 10.1. The summed E-state index contributed by atoms with van der Waals surface area (Å²) in [7, 11) is 0. The van der Waals surface area contributed by atoms with E-state index in [0.717, 1.165) is 38.5 Å². The summed E-state index contributed by atoms with van der Waals surface area (Å²) < 4.78 is 54.1. The lowest BCUT2D eigenvalue weighted by Crippen LogP contribution is -2.02. The van der Waals surface area contributed by atoms with Gasteiger partial charge in [-0.3, -0.25) is 0 Å². The molecule has 28 heavy (non-hydrogen) atoms. The molecule has 2 rings (SSSR count). The van der Waals surface area contributed by atoms with Gasteiger partial charge in [-0.15, -0.1) is 0 Å². The SMILES string of the molecule is CCCCCCOc1ccc(-c2ccc(OCCCC)c(F)c2Cl)c(F)c1F. The molecule has 0 N–H and O–H groups in total. The molecule has 0 aliphatic carbocycles. The third-order valence-corrected chi connectivity index (χ3v) is 4.76. The van der Waals surface area contributed by atoms with Gasteiger partial charge in [-0.1, -0.05) is 51.1 Å². The molecular weight excluding hydrogens is 389 g/mol. The zero-order valence-electron chi connectivity index (χ0n) is 16.3. The molecule has 0 atom stereocenters. The molecule has 0 heterocycles. The van der Waals surface area contributed by atoms with E-state index in [1.807, 2.05) is 6.92 Å².